The van der Waals surface area contributed by atoms with E-state index in [1.807, 2.05) is 6.92 Å². The average Bonchev–Trinajstić information content (AvgIpc) is 2.68. The molecule has 0 atom stereocenters. The minimum atomic E-state index is -0.846. The number of carbonyl (C=O) groups is 2. The molecule has 7 nitrogen and oxygen atoms in total. The van der Waals surface area contributed by atoms with Gasteiger partial charge in [0, 0.05) is 16.2 Å². The van der Waals surface area contributed by atoms with Crippen molar-refractivity contribution in [1.82, 2.24) is 0 Å². The van der Waals surface area contributed by atoms with Crippen LogP contribution in [0.3, 0.4) is 0 Å². The fourth-order valence-electron chi connectivity index (χ4n) is 3.31. The maximum Gasteiger partial charge on any atom is 0.514 e. The Balaban J connectivity index is 2.27. The lowest BCUT2D eigenvalue weighted by molar-refractivity contribution is 0.0194. The lowest BCUT2D eigenvalue weighted by Crippen LogP contribution is -2.26. The molecule has 0 saturated carbocycles. The molecular formula is C26H30O7. The first-order valence-electron chi connectivity index (χ1n) is 10.8. The molecule has 0 saturated heterocycles. The molecule has 3 aromatic carbocycles. The van der Waals surface area contributed by atoms with Crippen molar-refractivity contribution in [3.8, 4) is 17.2 Å². The third-order valence-corrected chi connectivity index (χ3v) is 4.36. The molecule has 0 heterocycles. The first-order valence-corrected chi connectivity index (χ1v) is 10.8. The summed E-state index contributed by atoms with van der Waals surface area (Å²) in [5.41, 5.74) is -1.45. The van der Waals surface area contributed by atoms with E-state index in [1.165, 1.54) is 0 Å². The first-order chi connectivity index (χ1) is 15.4. The number of benzene rings is 3. The standard InChI is InChI=1S/C26H30O7/c1-8-29-19-15-11-14-18-20(19)22(31-24(28)33-26(5,6)7)17-13-10-9-12-16(17)21(18)30-23(27)32-25(2,3)4/h9-15H,8H2,1-7H3. The summed E-state index contributed by atoms with van der Waals surface area (Å²) >= 11 is 0. The molecule has 3 aromatic rings. The van der Waals surface area contributed by atoms with Gasteiger partial charge in [0.2, 0.25) is 0 Å². The summed E-state index contributed by atoms with van der Waals surface area (Å²) in [6, 6.07) is 12.5. The Kier molecular flexibility index (Phi) is 6.72. The van der Waals surface area contributed by atoms with E-state index >= 15 is 0 Å². The predicted octanol–water partition coefficient (Wildman–Crippen LogP) is 7.02. The lowest BCUT2D eigenvalue weighted by atomic mass is 10.00. The largest absolute Gasteiger partial charge is 0.514 e. The fraction of sp³-hybridized carbons (Fsp3) is 0.385. The minimum Gasteiger partial charge on any atom is -0.493 e. The van der Waals surface area contributed by atoms with E-state index in [4.69, 9.17) is 23.7 Å². The zero-order valence-electron chi connectivity index (χ0n) is 20.1. The fourth-order valence-corrected chi connectivity index (χ4v) is 3.31. The second kappa shape index (κ2) is 9.17. The highest BCUT2D eigenvalue weighted by Gasteiger charge is 2.26. The zero-order chi connectivity index (χ0) is 24.4. The third kappa shape index (κ3) is 5.86. The quantitative estimate of drug-likeness (QED) is 0.238. The maximum atomic E-state index is 12.6. The Labute approximate surface area is 193 Å². The molecule has 176 valence electrons. The molecular weight excluding hydrogens is 424 g/mol. The smallest absolute Gasteiger partial charge is 0.493 e. The van der Waals surface area contributed by atoms with E-state index in [-0.39, 0.29) is 11.5 Å². The number of ether oxygens (including phenoxy) is 5. The number of carbonyl (C=O) groups excluding carboxylic acids is 2. The van der Waals surface area contributed by atoms with Crippen molar-refractivity contribution in [2.45, 2.75) is 59.7 Å². The summed E-state index contributed by atoms with van der Waals surface area (Å²) in [6.07, 6.45) is -1.68. The Morgan fingerprint density at radius 3 is 1.70 bits per heavy atom. The molecule has 0 aromatic heterocycles. The summed E-state index contributed by atoms with van der Waals surface area (Å²) in [5, 5.41) is 2.15. The highest BCUT2D eigenvalue weighted by molar-refractivity contribution is 6.14. The molecule has 0 bridgehead atoms. The van der Waals surface area contributed by atoms with Crippen LogP contribution in [0.5, 0.6) is 17.2 Å². The van der Waals surface area contributed by atoms with E-state index in [9.17, 15) is 9.59 Å². The van der Waals surface area contributed by atoms with Gasteiger partial charge in [-0.1, -0.05) is 36.4 Å². The van der Waals surface area contributed by atoms with Gasteiger partial charge < -0.3 is 23.7 Å². The molecule has 0 aliphatic carbocycles. The van der Waals surface area contributed by atoms with Gasteiger partial charge in [-0.05, 0) is 54.5 Å². The Morgan fingerprint density at radius 2 is 1.18 bits per heavy atom. The molecule has 0 N–H and O–H groups in total. The van der Waals surface area contributed by atoms with Crippen molar-refractivity contribution in [3.05, 3.63) is 42.5 Å². The van der Waals surface area contributed by atoms with Crippen molar-refractivity contribution in [2.24, 2.45) is 0 Å². The summed E-state index contributed by atoms with van der Waals surface area (Å²) < 4.78 is 28.0. The van der Waals surface area contributed by atoms with Crippen molar-refractivity contribution in [2.75, 3.05) is 6.61 Å². The molecule has 3 rings (SSSR count). The molecule has 0 fully saturated rings. The molecule has 0 amide bonds. The van der Waals surface area contributed by atoms with Crippen LogP contribution in [0.15, 0.2) is 42.5 Å². The van der Waals surface area contributed by atoms with Gasteiger partial charge in [0.15, 0.2) is 11.5 Å². The van der Waals surface area contributed by atoms with E-state index < -0.39 is 23.5 Å². The number of rotatable bonds is 4. The van der Waals surface area contributed by atoms with Crippen LogP contribution in [0.25, 0.3) is 21.5 Å². The van der Waals surface area contributed by atoms with E-state index in [0.717, 1.165) is 0 Å². The molecule has 0 spiro atoms. The van der Waals surface area contributed by atoms with Gasteiger partial charge in [-0.15, -0.1) is 0 Å². The lowest BCUT2D eigenvalue weighted by Gasteiger charge is -2.22. The second-order valence-electron chi connectivity index (χ2n) is 9.45. The van der Waals surface area contributed by atoms with Crippen molar-refractivity contribution >= 4 is 33.9 Å². The highest BCUT2D eigenvalue weighted by atomic mass is 16.7. The number of hydrogen-bond donors (Lipinski definition) is 0. The zero-order valence-corrected chi connectivity index (χ0v) is 20.1. The minimum absolute atomic E-state index is 0.260. The van der Waals surface area contributed by atoms with Gasteiger partial charge >= 0.3 is 12.3 Å². The van der Waals surface area contributed by atoms with Crippen LogP contribution in [-0.2, 0) is 9.47 Å². The predicted molar refractivity (Wildman–Crippen MR) is 126 cm³/mol. The Bertz CT molecular complexity index is 1180. The molecule has 0 unspecified atom stereocenters. The second-order valence-corrected chi connectivity index (χ2v) is 9.45. The summed E-state index contributed by atoms with van der Waals surface area (Å²) in [5.74, 6) is 1.02. The van der Waals surface area contributed by atoms with Gasteiger partial charge in [0.1, 0.15) is 17.0 Å². The van der Waals surface area contributed by atoms with Crippen LogP contribution in [0.4, 0.5) is 9.59 Å². The first kappa shape index (κ1) is 24.2. The van der Waals surface area contributed by atoms with E-state index in [1.54, 1.807) is 84.0 Å². The molecule has 33 heavy (non-hydrogen) atoms. The Morgan fingerprint density at radius 1 is 0.697 bits per heavy atom. The molecule has 0 aliphatic heterocycles. The average molecular weight is 455 g/mol. The topological polar surface area (TPSA) is 80.3 Å². The normalized spacial score (nSPS) is 11.8. The van der Waals surface area contributed by atoms with Gasteiger partial charge in [0.25, 0.3) is 0 Å². The van der Waals surface area contributed by atoms with Gasteiger partial charge in [-0.3, -0.25) is 0 Å². The van der Waals surface area contributed by atoms with Gasteiger partial charge in [0.05, 0.1) is 12.0 Å². The van der Waals surface area contributed by atoms with Crippen LogP contribution < -0.4 is 14.2 Å². The SMILES string of the molecule is CCOc1cccc2c(OC(=O)OC(C)(C)C)c3ccccc3c(OC(=O)OC(C)(C)C)c12. The summed E-state index contributed by atoms with van der Waals surface area (Å²) in [7, 11) is 0. The molecule has 0 aliphatic rings. The Hall–Kier alpha value is -3.48. The maximum absolute atomic E-state index is 12.6. The van der Waals surface area contributed by atoms with Crippen LogP contribution in [0.2, 0.25) is 0 Å². The number of hydrogen-bond acceptors (Lipinski definition) is 7. The van der Waals surface area contributed by atoms with Crippen LogP contribution in [0, 0.1) is 0 Å². The monoisotopic (exact) mass is 454 g/mol. The third-order valence-electron chi connectivity index (χ3n) is 4.36. The number of fused-ring (bicyclic) bond motifs is 2. The van der Waals surface area contributed by atoms with Crippen LogP contribution in [0.1, 0.15) is 48.5 Å². The van der Waals surface area contributed by atoms with Crippen molar-refractivity contribution in [3.63, 3.8) is 0 Å². The molecule has 0 radical (unpaired) electrons. The summed E-state index contributed by atoms with van der Waals surface area (Å²) in [6.45, 7) is 12.8. The van der Waals surface area contributed by atoms with E-state index in [0.29, 0.717) is 33.9 Å². The van der Waals surface area contributed by atoms with Crippen molar-refractivity contribution < 1.29 is 33.3 Å². The van der Waals surface area contributed by atoms with Gasteiger partial charge in [-0.2, -0.15) is 0 Å². The van der Waals surface area contributed by atoms with Gasteiger partial charge in [-0.25, -0.2) is 9.59 Å². The van der Waals surface area contributed by atoms with Crippen molar-refractivity contribution in [1.29, 1.82) is 0 Å². The highest BCUT2D eigenvalue weighted by Crippen LogP contribution is 2.46. The van der Waals surface area contributed by atoms with Crippen LogP contribution in [-0.4, -0.2) is 30.1 Å². The van der Waals surface area contributed by atoms with Crippen LogP contribution >= 0.6 is 0 Å². The molecule has 7 heteroatoms. The summed E-state index contributed by atoms with van der Waals surface area (Å²) in [4.78, 5) is 25.2. The van der Waals surface area contributed by atoms with E-state index in [2.05, 4.69) is 0 Å².